The van der Waals surface area contributed by atoms with Gasteiger partial charge in [0.1, 0.15) is 5.75 Å². The quantitative estimate of drug-likeness (QED) is 0.818. The van der Waals surface area contributed by atoms with Gasteiger partial charge in [-0.3, -0.25) is 9.59 Å². The van der Waals surface area contributed by atoms with Crippen molar-refractivity contribution in [2.24, 2.45) is 0 Å². The number of carbonyl (C=O) groups excluding carboxylic acids is 2. The third-order valence-corrected chi connectivity index (χ3v) is 3.93. The molecule has 1 aromatic rings. The maximum absolute atomic E-state index is 12.4. The molecule has 1 aromatic carbocycles. The number of hydrogen-bond acceptors (Lipinski definition) is 4. The number of nitrogens with zero attached hydrogens (tertiary/aromatic N) is 1. The van der Waals surface area contributed by atoms with Crippen LogP contribution < -0.4 is 10.1 Å². The van der Waals surface area contributed by atoms with Crippen molar-refractivity contribution in [3.8, 4) is 5.75 Å². The Kier molecular flexibility index (Phi) is 7.06. The van der Waals surface area contributed by atoms with Gasteiger partial charge in [0.15, 0.2) is 0 Å². The summed E-state index contributed by atoms with van der Waals surface area (Å²) in [5.74, 6) is 0.888. The molecule has 2 rings (SSSR count). The van der Waals surface area contributed by atoms with Crippen molar-refractivity contribution in [2.45, 2.75) is 32.8 Å². The number of morpholine rings is 1. The molecule has 0 saturated carbocycles. The molecule has 24 heavy (non-hydrogen) atoms. The lowest BCUT2D eigenvalue weighted by atomic mass is 10.1. The van der Waals surface area contributed by atoms with E-state index in [1.54, 1.807) is 0 Å². The predicted molar refractivity (Wildman–Crippen MR) is 90.9 cm³/mol. The number of nitrogens with one attached hydrogen (secondary N) is 1. The molecule has 1 atom stereocenters. The topological polar surface area (TPSA) is 67.9 Å². The Bertz CT molecular complexity index is 544. The highest BCUT2D eigenvalue weighted by molar-refractivity contribution is 5.76. The zero-order chi connectivity index (χ0) is 17.4. The molecule has 6 nitrogen and oxygen atoms in total. The Balaban J connectivity index is 1.77. The first kappa shape index (κ1) is 18.3. The van der Waals surface area contributed by atoms with Crippen molar-refractivity contribution >= 4 is 11.8 Å². The van der Waals surface area contributed by atoms with Crippen LogP contribution in [0.3, 0.4) is 0 Å². The van der Waals surface area contributed by atoms with Crippen molar-refractivity contribution in [2.75, 3.05) is 32.8 Å². The van der Waals surface area contributed by atoms with Gasteiger partial charge < -0.3 is 19.7 Å². The second-order valence-corrected chi connectivity index (χ2v) is 5.85. The fourth-order valence-corrected chi connectivity index (χ4v) is 2.66. The van der Waals surface area contributed by atoms with Crippen LogP contribution in [-0.4, -0.2) is 55.7 Å². The lowest BCUT2D eigenvalue weighted by molar-refractivity contribution is -0.138. The van der Waals surface area contributed by atoms with Crippen LogP contribution in [-0.2, 0) is 20.7 Å². The number of ether oxygens (including phenoxy) is 2. The molecular weight excluding hydrogens is 308 g/mol. The summed E-state index contributed by atoms with van der Waals surface area (Å²) in [6.45, 7) is 6.17. The maximum atomic E-state index is 12.4. The van der Waals surface area contributed by atoms with Gasteiger partial charge in [-0.25, -0.2) is 0 Å². The summed E-state index contributed by atoms with van der Waals surface area (Å²) in [4.78, 5) is 25.2. The first-order valence-corrected chi connectivity index (χ1v) is 8.44. The second-order valence-electron chi connectivity index (χ2n) is 5.85. The van der Waals surface area contributed by atoms with Gasteiger partial charge in [0.25, 0.3) is 0 Å². The Morgan fingerprint density at radius 1 is 1.33 bits per heavy atom. The Morgan fingerprint density at radius 2 is 2.08 bits per heavy atom. The van der Waals surface area contributed by atoms with E-state index in [-0.39, 0.29) is 17.9 Å². The first-order valence-electron chi connectivity index (χ1n) is 8.44. The predicted octanol–water partition coefficient (Wildman–Crippen LogP) is 1.38. The van der Waals surface area contributed by atoms with E-state index in [9.17, 15) is 9.59 Å². The van der Waals surface area contributed by atoms with Gasteiger partial charge in [0.2, 0.25) is 11.8 Å². The molecule has 1 fully saturated rings. The van der Waals surface area contributed by atoms with E-state index in [0.29, 0.717) is 45.7 Å². The molecule has 1 saturated heterocycles. The summed E-state index contributed by atoms with van der Waals surface area (Å²) in [7, 11) is 0. The Hall–Kier alpha value is -2.08. The van der Waals surface area contributed by atoms with Crippen LogP contribution in [0, 0.1) is 0 Å². The molecule has 0 aromatic heterocycles. The molecular formula is C18H26N2O4. The minimum absolute atomic E-state index is 0.0856. The molecule has 1 aliphatic rings. The summed E-state index contributed by atoms with van der Waals surface area (Å²) in [5.41, 5.74) is 1.12. The van der Waals surface area contributed by atoms with Crippen molar-refractivity contribution in [3.63, 3.8) is 0 Å². The zero-order valence-corrected chi connectivity index (χ0v) is 14.4. The van der Waals surface area contributed by atoms with E-state index in [4.69, 9.17) is 9.47 Å². The highest BCUT2D eigenvalue weighted by Gasteiger charge is 2.23. The lowest BCUT2D eigenvalue weighted by Gasteiger charge is -2.33. The smallest absolute Gasteiger partial charge is 0.223 e. The molecule has 132 valence electrons. The summed E-state index contributed by atoms with van der Waals surface area (Å²) in [5, 5.41) is 2.73. The normalized spacial score (nSPS) is 17.4. The van der Waals surface area contributed by atoms with E-state index in [1.165, 1.54) is 6.92 Å². The molecule has 1 aliphatic heterocycles. The van der Waals surface area contributed by atoms with E-state index < -0.39 is 0 Å². The summed E-state index contributed by atoms with van der Waals surface area (Å²) >= 11 is 0. The molecule has 1 N–H and O–H groups in total. The van der Waals surface area contributed by atoms with Crippen LogP contribution in [0.15, 0.2) is 24.3 Å². The third-order valence-electron chi connectivity index (χ3n) is 3.93. The molecule has 0 aliphatic carbocycles. The number of carbonyl (C=O) groups is 2. The average molecular weight is 334 g/mol. The monoisotopic (exact) mass is 334 g/mol. The molecule has 2 amide bonds. The van der Waals surface area contributed by atoms with Gasteiger partial charge in [0, 0.05) is 33.0 Å². The number of aryl methyl sites for hydroxylation is 1. The maximum Gasteiger partial charge on any atom is 0.223 e. The van der Waals surface area contributed by atoms with Gasteiger partial charge in [-0.15, -0.1) is 0 Å². The van der Waals surface area contributed by atoms with E-state index in [1.807, 2.05) is 36.1 Å². The van der Waals surface area contributed by atoms with Crippen LogP contribution >= 0.6 is 0 Å². The number of amides is 2. The van der Waals surface area contributed by atoms with Crippen LogP contribution in [0.5, 0.6) is 5.75 Å². The van der Waals surface area contributed by atoms with Crippen LogP contribution in [0.1, 0.15) is 25.8 Å². The average Bonchev–Trinajstić information content (AvgIpc) is 2.59. The summed E-state index contributed by atoms with van der Waals surface area (Å²) in [6, 6.07) is 7.86. The zero-order valence-electron chi connectivity index (χ0n) is 14.4. The van der Waals surface area contributed by atoms with Crippen molar-refractivity contribution in [1.82, 2.24) is 10.2 Å². The molecule has 0 spiro atoms. The van der Waals surface area contributed by atoms with E-state index in [2.05, 4.69) is 5.32 Å². The highest BCUT2D eigenvalue weighted by atomic mass is 16.5. The molecule has 6 heteroatoms. The third kappa shape index (κ3) is 5.85. The van der Waals surface area contributed by atoms with E-state index >= 15 is 0 Å². The van der Waals surface area contributed by atoms with Crippen LogP contribution in [0.25, 0.3) is 0 Å². The van der Waals surface area contributed by atoms with Gasteiger partial charge in [-0.1, -0.05) is 12.1 Å². The Morgan fingerprint density at radius 3 is 2.75 bits per heavy atom. The number of hydrogen-bond donors (Lipinski definition) is 1. The van der Waals surface area contributed by atoms with Gasteiger partial charge in [-0.2, -0.15) is 0 Å². The lowest BCUT2D eigenvalue weighted by Crippen LogP contribution is -2.49. The number of rotatable bonds is 7. The SMILES string of the molecule is CCOc1ccc(CCC(=O)N2CCO[C@H](CNC(C)=O)C2)cc1. The van der Waals surface area contributed by atoms with Gasteiger partial charge in [-0.05, 0) is 31.0 Å². The largest absolute Gasteiger partial charge is 0.494 e. The Labute approximate surface area is 143 Å². The van der Waals surface area contributed by atoms with Crippen molar-refractivity contribution in [1.29, 1.82) is 0 Å². The van der Waals surface area contributed by atoms with Crippen molar-refractivity contribution in [3.05, 3.63) is 29.8 Å². The summed E-state index contributed by atoms with van der Waals surface area (Å²) < 4.78 is 11.0. The minimum atomic E-state index is -0.128. The van der Waals surface area contributed by atoms with Gasteiger partial charge in [0.05, 0.1) is 19.3 Å². The fraction of sp³-hybridized carbons (Fsp3) is 0.556. The summed E-state index contributed by atoms with van der Waals surface area (Å²) in [6.07, 6.45) is 1.05. The molecule has 0 bridgehead atoms. The highest BCUT2D eigenvalue weighted by Crippen LogP contribution is 2.14. The standard InChI is InChI=1S/C18H26N2O4/c1-3-23-16-7-4-15(5-8-16)6-9-18(22)20-10-11-24-17(13-20)12-19-14(2)21/h4-5,7-8,17H,3,6,9-13H2,1-2H3,(H,19,21)/t17-/m1/s1. The van der Waals surface area contributed by atoms with Gasteiger partial charge >= 0.3 is 0 Å². The first-order chi connectivity index (χ1) is 11.6. The van der Waals surface area contributed by atoms with Crippen LogP contribution in [0.4, 0.5) is 0 Å². The molecule has 1 heterocycles. The van der Waals surface area contributed by atoms with Crippen molar-refractivity contribution < 1.29 is 19.1 Å². The molecule has 0 unspecified atom stereocenters. The number of benzene rings is 1. The van der Waals surface area contributed by atoms with E-state index in [0.717, 1.165) is 11.3 Å². The fourth-order valence-electron chi connectivity index (χ4n) is 2.66. The van der Waals surface area contributed by atoms with Crippen LogP contribution in [0.2, 0.25) is 0 Å². The second kappa shape index (κ2) is 9.27. The minimum Gasteiger partial charge on any atom is -0.494 e. The molecule has 0 radical (unpaired) electrons.